The summed E-state index contributed by atoms with van der Waals surface area (Å²) in [6.45, 7) is 3.84. The molecule has 0 aliphatic carbocycles. The first-order valence-corrected chi connectivity index (χ1v) is 7.61. The number of aromatic amines is 1. The molecule has 0 aromatic carbocycles. The summed E-state index contributed by atoms with van der Waals surface area (Å²) in [4.78, 5) is 5.65. The van der Waals surface area contributed by atoms with Gasteiger partial charge in [-0.25, -0.2) is 0 Å². The number of guanidine groups is 1. The third-order valence-electron chi connectivity index (χ3n) is 2.98. The first-order chi connectivity index (χ1) is 9.78. The maximum absolute atomic E-state index is 4.22. The van der Waals surface area contributed by atoms with Crippen LogP contribution in [0, 0.1) is 5.92 Å². The summed E-state index contributed by atoms with van der Waals surface area (Å²) in [6, 6.07) is 6.23. The highest BCUT2D eigenvalue weighted by atomic mass is 127. The lowest BCUT2D eigenvalue weighted by molar-refractivity contribution is 0.561. The molecule has 0 aliphatic rings. The minimum atomic E-state index is 0. The third-order valence-corrected chi connectivity index (χ3v) is 3.87. The van der Waals surface area contributed by atoms with Crippen molar-refractivity contribution in [3.8, 4) is 0 Å². The second-order valence-electron chi connectivity index (χ2n) is 4.78. The van der Waals surface area contributed by atoms with E-state index in [9.17, 15) is 0 Å². The number of H-pyrrole nitrogens is 1. The van der Waals surface area contributed by atoms with Gasteiger partial charge in [-0.15, -0.1) is 35.3 Å². The zero-order valence-electron chi connectivity index (χ0n) is 12.3. The van der Waals surface area contributed by atoms with Gasteiger partial charge in [0.15, 0.2) is 5.96 Å². The number of nitrogens with zero attached hydrogens (tertiary/aromatic N) is 2. The molecule has 0 spiro atoms. The van der Waals surface area contributed by atoms with E-state index in [-0.39, 0.29) is 24.0 Å². The summed E-state index contributed by atoms with van der Waals surface area (Å²) in [6.07, 6.45) is 2.85. The van der Waals surface area contributed by atoms with Crippen molar-refractivity contribution in [2.45, 2.75) is 19.9 Å². The molecule has 2 aromatic rings. The third kappa shape index (κ3) is 6.47. The largest absolute Gasteiger partial charge is 0.356 e. The molecule has 2 rings (SSSR count). The Morgan fingerprint density at radius 3 is 2.90 bits per heavy atom. The van der Waals surface area contributed by atoms with E-state index in [2.05, 4.69) is 50.3 Å². The van der Waals surface area contributed by atoms with Crippen molar-refractivity contribution in [1.82, 2.24) is 20.8 Å². The van der Waals surface area contributed by atoms with Crippen molar-refractivity contribution in [3.05, 3.63) is 40.3 Å². The van der Waals surface area contributed by atoms with E-state index in [0.29, 0.717) is 12.5 Å². The van der Waals surface area contributed by atoms with Gasteiger partial charge in [-0.2, -0.15) is 5.10 Å². The van der Waals surface area contributed by atoms with E-state index in [1.807, 2.05) is 17.4 Å². The van der Waals surface area contributed by atoms with E-state index in [0.717, 1.165) is 24.6 Å². The number of aliphatic imine (C=N–C) groups is 1. The molecule has 0 bridgehead atoms. The van der Waals surface area contributed by atoms with E-state index < -0.39 is 0 Å². The van der Waals surface area contributed by atoms with Gasteiger partial charge in [0.25, 0.3) is 0 Å². The normalized spacial score (nSPS) is 12.6. The molecule has 0 aliphatic heterocycles. The molecule has 5 nitrogen and oxygen atoms in total. The van der Waals surface area contributed by atoms with Crippen molar-refractivity contribution < 1.29 is 0 Å². The quantitative estimate of drug-likeness (QED) is 0.383. The SMILES string of the molecule is CN=C(NCc1ccn[nH]1)NCC(C)Cc1cccs1.I. The first kappa shape index (κ1) is 18.0. The Hall–Kier alpha value is -1.09. The summed E-state index contributed by atoms with van der Waals surface area (Å²) in [5.41, 5.74) is 1.04. The van der Waals surface area contributed by atoms with Crippen LogP contribution in [0.15, 0.2) is 34.8 Å². The van der Waals surface area contributed by atoms with Crippen LogP contribution in [-0.4, -0.2) is 29.7 Å². The average Bonchev–Trinajstić information content (AvgIpc) is 3.12. The van der Waals surface area contributed by atoms with E-state index in [4.69, 9.17) is 0 Å². The van der Waals surface area contributed by atoms with Gasteiger partial charge >= 0.3 is 0 Å². The number of nitrogens with one attached hydrogen (secondary N) is 3. The second-order valence-corrected chi connectivity index (χ2v) is 5.81. The minimum absolute atomic E-state index is 0. The topological polar surface area (TPSA) is 65.1 Å². The standard InChI is InChI=1S/C14H21N5S.HI/c1-11(8-13-4-3-7-20-13)9-16-14(15-2)17-10-12-5-6-18-19-12;/h3-7,11H,8-10H2,1-2H3,(H,18,19)(H2,15,16,17);1H. The number of thiophene rings is 1. The molecule has 0 fully saturated rings. The summed E-state index contributed by atoms with van der Waals surface area (Å²) in [5.74, 6) is 1.39. The smallest absolute Gasteiger partial charge is 0.191 e. The number of aromatic nitrogens is 2. The molecule has 3 N–H and O–H groups in total. The fourth-order valence-electron chi connectivity index (χ4n) is 1.90. The monoisotopic (exact) mass is 419 g/mol. The van der Waals surface area contributed by atoms with E-state index >= 15 is 0 Å². The highest BCUT2D eigenvalue weighted by Gasteiger charge is 2.06. The molecule has 2 heterocycles. The highest BCUT2D eigenvalue weighted by Crippen LogP contribution is 2.13. The molecular weight excluding hydrogens is 397 g/mol. The molecule has 0 saturated heterocycles. The maximum atomic E-state index is 4.22. The second kappa shape index (κ2) is 9.78. The summed E-state index contributed by atoms with van der Waals surface area (Å²) >= 11 is 1.82. The van der Waals surface area contributed by atoms with Gasteiger partial charge in [0.1, 0.15) is 0 Å². The van der Waals surface area contributed by atoms with Crippen LogP contribution in [0.1, 0.15) is 17.5 Å². The van der Waals surface area contributed by atoms with E-state index in [1.165, 1.54) is 4.88 Å². The number of rotatable bonds is 6. The maximum Gasteiger partial charge on any atom is 0.191 e. The Morgan fingerprint density at radius 1 is 1.43 bits per heavy atom. The predicted molar refractivity (Wildman–Crippen MR) is 99.4 cm³/mol. The molecule has 7 heteroatoms. The molecule has 1 atom stereocenters. The van der Waals surface area contributed by atoms with Gasteiger partial charge in [-0.05, 0) is 29.9 Å². The summed E-state index contributed by atoms with van der Waals surface area (Å²) in [5, 5.41) is 15.6. The molecule has 2 aromatic heterocycles. The fourth-order valence-corrected chi connectivity index (χ4v) is 2.77. The van der Waals surface area contributed by atoms with Crippen LogP contribution in [0.5, 0.6) is 0 Å². The van der Waals surface area contributed by atoms with Crippen LogP contribution in [0.25, 0.3) is 0 Å². The molecule has 1 unspecified atom stereocenters. The van der Waals surface area contributed by atoms with Gasteiger partial charge < -0.3 is 10.6 Å². The molecule has 0 amide bonds. The molecule has 0 radical (unpaired) electrons. The lowest BCUT2D eigenvalue weighted by Crippen LogP contribution is -2.39. The van der Waals surface area contributed by atoms with Gasteiger partial charge in [0.2, 0.25) is 0 Å². The van der Waals surface area contributed by atoms with Crippen LogP contribution >= 0.6 is 35.3 Å². The number of halogens is 1. The van der Waals surface area contributed by atoms with Crippen LogP contribution in [0.2, 0.25) is 0 Å². The first-order valence-electron chi connectivity index (χ1n) is 6.73. The molecule has 0 saturated carbocycles. The average molecular weight is 419 g/mol. The number of hydrogen-bond acceptors (Lipinski definition) is 3. The Balaban J connectivity index is 0.00000220. The Labute approximate surface area is 146 Å². The van der Waals surface area contributed by atoms with Crippen LogP contribution in [0.3, 0.4) is 0 Å². The number of hydrogen-bond donors (Lipinski definition) is 3. The molecular formula is C14H22IN5S. The fraction of sp³-hybridized carbons (Fsp3) is 0.429. The lowest BCUT2D eigenvalue weighted by Gasteiger charge is -2.15. The van der Waals surface area contributed by atoms with Gasteiger partial charge in [0, 0.05) is 24.7 Å². The Morgan fingerprint density at radius 2 is 2.29 bits per heavy atom. The Kier molecular flexibility index (Phi) is 8.36. The van der Waals surface area contributed by atoms with Crippen molar-refractivity contribution in [2.75, 3.05) is 13.6 Å². The Bertz CT molecular complexity index is 509. The zero-order valence-corrected chi connectivity index (χ0v) is 15.4. The van der Waals surface area contributed by atoms with Crippen molar-refractivity contribution in [3.63, 3.8) is 0 Å². The predicted octanol–water partition coefficient (Wildman–Crippen LogP) is 2.63. The van der Waals surface area contributed by atoms with Crippen molar-refractivity contribution >= 4 is 41.3 Å². The minimum Gasteiger partial charge on any atom is -0.356 e. The summed E-state index contributed by atoms with van der Waals surface area (Å²) in [7, 11) is 1.78. The summed E-state index contributed by atoms with van der Waals surface area (Å²) < 4.78 is 0. The van der Waals surface area contributed by atoms with E-state index in [1.54, 1.807) is 13.2 Å². The van der Waals surface area contributed by atoms with Gasteiger partial charge in [-0.3, -0.25) is 10.1 Å². The van der Waals surface area contributed by atoms with Crippen LogP contribution in [-0.2, 0) is 13.0 Å². The molecule has 21 heavy (non-hydrogen) atoms. The highest BCUT2D eigenvalue weighted by molar-refractivity contribution is 14.0. The lowest BCUT2D eigenvalue weighted by atomic mass is 10.1. The van der Waals surface area contributed by atoms with Crippen LogP contribution in [0.4, 0.5) is 0 Å². The van der Waals surface area contributed by atoms with Gasteiger partial charge in [0.05, 0.1) is 12.2 Å². The molecule has 116 valence electrons. The van der Waals surface area contributed by atoms with Gasteiger partial charge in [-0.1, -0.05) is 13.0 Å². The van der Waals surface area contributed by atoms with Crippen molar-refractivity contribution in [1.29, 1.82) is 0 Å². The van der Waals surface area contributed by atoms with Crippen LogP contribution < -0.4 is 10.6 Å². The zero-order chi connectivity index (χ0) is 14.2. The van der Waals surface area contributed by atoms with Crippen molar-refractivity contribution in [2.24, 2.45) is 10.9 Å².